The highest BCUT2D eigenvalue weighted by molar-refractivity contribution is 6.19. The molecule has 40 heavy (non-hydrogen) atoms. The van der Waals surface area contributed by atoms with Crippen LogP contribution in [0.5, 0.6) is 0 Å². The second-order valence-electron chi connectivity index (χ2n) is 10.2. The van der Waals surface area contributed by atoms with E-state index in [4.69, 9.17) is 4.42 Å². The van der Waals surface area contributed by atoms with Crippen molar-refractivity contribution in [3.63, 3.8) is 0 Å². The second kappa shape index (κ2) is 9.14. The number of furan rings is 1. The number of rotatable bonds is 4. The van der Waals surface area contributed by atoms with Gasteiger partial charge < -0.3 is 9.32 Å². The zero-order chi connectivity index (χ0) is 26.5. The monoisotopic (exact) mass is 511 g/mol. The van der Waals surface area contributed by atoms with E-state index in [1.54, 1.807) is 0 Å². The molecule has 0 N–H and O–H groups in total. The summed E-state index contributed by atoms with van der Waals surface area (Å²) in [5, 5.41) is 7.15. The van der Waals surface area contributed by atoms with Gasteiger partial charge in [-0.05, 0) is 81.2 Å². The number of fused-ring (bicyclic) bond motifs is 6. The fourth-order valence-corrected chi connectivity index (χ4v) is 5.90. The third-order valence-electron chi connectivity index (χ3n) is 7.80. The third kappa shape index (κ3) is 3.73. The summed E-state index contributed by atoms with van der Waals surface area (Å²) < 4.78 is 6.16. The van der Waals surface area contributed by atoms with Crippen LogP contribution in [0.3, 0.4) is 0 Å². The van der Waals surface area contributed by atoms with Gasteiger partial charge in [-0.15, -0.1) is 0 Å². The smallest absolute Gasteiger partial charge is 0.136 e. The summed E-state index contributed by atoms with van der Waals surface area (Å²) in [5.74, 6) is 0. The summed E-state index contributed by atoms with van der Waals surface area (Å²) in [6.07, 6.45) is 0. The SMILES string of the molecule is c1ccc(-c2cccc(N(c3ccc4ccccc4c3)c3ccc4c(ccc5oc6ccccc6c54)c3)c2)cc1. The first-order valence-electron chi connectivity index (χ1n) is 13.6. The number of hydrogen-bond donors (Lipinski definition) is 0. The Hall–Kier alpha value is -5.34. The lowest BCUT2D eigenvalue weighted by Crippen LogP contribution is -2.10. The molecule has 0 atom stereocenters. The van der Waals surface area contributed by atoms with Gasteiger partial charge in [0.25, 0.3) is 0 Å². The van der Waals surface area contributed by atoms with Crippen LogP contribution in [0.15, 0.2) is 156 Å². The topological polar surface area (TPSA) is 16.4 Å². The first-order valence-corrected chi connectivity index (χ1v) is 13.6. The Kier molecular flexibility index (Phi) is 5.17. The highest BCUT2D eigenvalue weighted by Crippen LogP contribution is 2.41. The Morgan fingerprint density at radius 2 is 1.05 bits per heavy atom. The second-order valence-corrected chi connectivity index (χ2v) is 10.2. The lowest BCUT2D eigenvalue weighted by Gasteiger charge is -2.27. The van der Waals surface area contributed by atoms with Crippen molar-refractivity contribution < 1.29 is 4.42 Å². The number of hydrogen-bond acceptors (Lipinski definition) is 2. The van der Waals surface area contributed by atoms with Crippen LogP contribution in [0.4, 0.5) is 17.1 Å². The maximum atomic E-state index is 6.16. The zero-order valence-corrected chi connectivity index (χ0v) is 21.8. The molecule has 188 valence electrons. The van der Waals surface area contributed by atoms with E-state index in [1.807, 2.05) is 12.1 Å². The first-order chi connectivity index (χ1) is 19.8. The van der Waals surface area contributed by atoms with Crippen molar-refractivity contribution in [2.24, 2.45) is 0 Å². The summed E-state index contributed by atoms with van der Waals surface area (Å²) in [6.45, 7) is 0. The molecule has 0 spiro atoms. The summed E-state index contributed by atoms with van der Waals surface area (Å²) in [4.78, 5) is 2.36. The van der Waals surface area contributed by atoms with E-state index < -0.39 is 0 Å². The van der Waals surface area contributed by atoms with Gasteiger partial charge in [-0.2, -0.15) is 0 Å². The molecular formula is C38H25NO. The minimum atomic E-state index is 0.920. The van der Waals surface area contributed by atoms with Crippen molar-refractivity contribution in [1.82, 2.24) is 0 Å². The Bertz CT molecular complexity index is 2170. The van der Waals surface area contributed by atoms with Crippen molar-refractivity contribution in [2.75, 3.05) is 4.90 Å². The molecule has 0 aliphatic heterocycles. The molecule has 0 saturated heterocycles. The van der Waals surface area contributed by atoms with Gasteiger partial charge in [0.2, 0.25) is 0 Å². The Morgan fingerprint density at radius 3 is 1.95 bits per heavy atom. The van der Waals surface area contributed by atoms with E-state index in [0.29, 0.717) is 0 Å². The van der Waals surface area contributed by atoms with Gasteiger partial charge in [0.15, 0.2) is 0 Å². The van der Waals surface area contributed by atoms with E-state index in [0.717, 1.165) is 33.6 Å². The third-order valence-corrected chi connectivity index (χ3v) is 7.80. The normalized spacial score (nSPS) is 11.5. The molecule has 8 rings (SSSR count). The Labute approximate surface area is 232 Å². The van der Waals surface area contributed by atoms with Crippen LogP contribution in [0.1, 0.15) is 0 Å². The lowest BCUT2D eigenvalue weighted by molar-refractivity contribution is 0.669. The van der Waals surface area contributed by atoms with E-state index in [9.17, 15) is 0 Å². The van der Waals surface area contributed by atoms with Crippen LogP contribution in [0.25, 0.3) is 54.6 Å². The number of benzene rings is 7. The summed E-state index contributed by atoms with van der Waals surface area (Å²) in [7, 11) is 0. The van der Waals surface area contributed by atoms with Crippen molar-refractivity contribution >= 4 is 60.5 Å². The van der Waals surface area contributed by atoms with Crippen molar-refractivity contribution in [2.45, 2.75) is 0 Å². The van der Waals surface area contributed by atoms with Crippen molar-refractivity contribution in [1.29, 1.82) is 0 Å². The van der Waals surface area contributed by atoms with Crippen molar-refractivity contribution in [3.8, 4) is 11.1 Å². The molecular weight excluding hydrogens is 486 g/mol. The average molecular weight is 512 g/mol. The highest BCUT2D eigenvalue weighted by atomic mass is 16.3. The van der Waals surface area contributed by atoms with Gasteiger partial charge in [0.05, 0.1) is 0 Å². The minimum absolute atomic E-state index is 0.920. The molecule has 0 saturated carbocycles. The molecule has 2 nitrogen and oxygen atoms in total. The van der Waals surface area contributed by atoms with Gasteiger partial charge >= 0.3 is 0 Å². The summed E-state index contributed by atoms with van der Waals surface area (Å²) >= 11 is 0. The van der Waals surface area contributed by atoms with E-state index >= 15 is 0 Å². The number of anilines is 3. The Morgan fingerprint density at radius 1 is 0.375 bits per heavy atom. The maximum Gasteiger partial charge on any atom is 0.136 e. The van der Waals surface area contributed by atoms with Gasteiger partial charge in [0.1, 0.15) is 11.2 Å². The molecule has 8 aromatic rings. The average Bonchev–Trinajstić information content (AvgIpc) is 3.41. The lowest BCUT2D eigenvalue weighted by atomic mass is 10.0. The number of nitrogens with zero attached hydrogens (tertiary/aromatic N) is 1. The van der Waals surface area contributed by atoms with Gasteiger partial charge in [-0.25, -0.2) is 0 Å². The van der Waals surface area contributed by atoms with E-state index in [-0.39, 0.29) is 0 Å². The van der Waals surface area contributed by atoms with Gasteiger partial charge in [-0.1, -0.05) is 103 Å². The molecule has 0 amide bonds. The van der Waals surface area contributed by atoms with Crippen LogP contribution in [-0.4, -0.2) is 0 Å². The molecule has 7 aromatic carbocycles. The summed E-state index contributed by atoms with van der Waals surface area (Å²) in [5.41, 5.74) is 7.59. The molecule has 0 fully saturated rings. The molecule has 2 heteroatoms. The van der Waals surface area contributed by atoms with E-state index in [2.05, 4.69) is 144 Å². The molecule has 0 unspecified atom stereocenters. The Balaban J connectivity index is 1.34. The summed E-state index contributed by atoms with van der Waals surface area (Å²) in [6, 6.07) is 53.9. The van der Waals surface area contributed by atoms with Crippen LogP contribution in [0.2, 0.25) is 0 Å². The molecule has 0 bridgehead atoms. The highest BCUT2D eigenvalue weighted by Gasteiger charge is 2.16. The van der Waals surface area contributed by atoms with Gasteiger partial charge in [0, 0.05) is 27.8 Å². The van der Waals surface area contributed by atoms with Gasteiger partial charge in [-0.3, -0.25) is 0 Å². The first kappa shape index (κ1) is 22.6. The molecule has 1 aromatic heterocycles. The predicted octanol–water partition coefficient (Wildman–Crippen LogP) is 11.0. The van der Waals surface area contributed by atoms with E-state index in [1.165, 1.54) is 38.1 Å². The maximum absolute atomic E-state index is 6.16. The standard InChI is InChI=1S/C38H25NO/c1-2-9-26(10-3-1)29-13-8-14-31(23-29)39(32-19-17-27-11-4-5-12-28(27)24-32)33-20-21-34-30(25-33)18-22-37-38(34)35-15-6-7-16-36(35)40-37/h1-25H. The zero-order valence-electron chi connectivity index (χ0n) is 21.8. The van der Waals surface area contributed by atoms with Crippen LogP contribution in [0, 0.1) is 0 Å². The molecule has 1 heterocycles. The largest absolute Gasteiger partial charge is 0.456 e. The molecule has 0 radical (unpaired) electrons. The fourth-order valence-electron chi connectivity index (χ4n) is 5.90. The van der Waals surface area contributed by atoms with Crippen LogP contribution >= 0.6 is 0 Å². The fraction of sp³-hybridized carbons (Fsp3) is 0. The van der Waals surface area contributed by atoms with Crippen LogP contribution < -0.4 is 4.90 Å². The minimum Gasteiger partial charge on any atom is -0.456 e. The quantitative estimate of drug-likeness (QED) is 0.234. The predicted molar refractivity (Wildman–Crippen MR) is 169 cm³/mol. The van der Waals surface area contributed by atoms with Crippen molar-refractivity contribution in [3.05, 3.63) is 152 Å². The molecule has 0 aliphatic carbocycles. The van der Waals surface area contributed by atoms with Crippen LogP contribution in [-0.2, 0) is 0 Å². The molecule has 0 aliphatic rings. The number of para-hydroxylation sites is 1.